The van der Waals surface area contributed by atoms with Crippen LogP contribution in [0.4, 0.5) is 5.82 Å². The molecule has 25 heavy (non-hydrogen) atoms. The van der Waals surface area contributed by atoms with E-state index < -0.39 is 0 Å². The van der Waals surface area contributed by atoms with Crippen molar-refractivity contribution in [2.24, 2.45) is 0 Å². The highest BCUT2D eigenvalue weighted by atomic mass is 127. The van der Waals surface area contributed by atoms with Gasteiger partial charge in [0.1, 0.15) is 11.6 Å². The molecule has 6 heteroatoms. The van der Waals surface area contributed by atoms with Crippen molar-refractivity contribution < 1.29 is 4.74 Å². The zero-order chi connectivity index (χ0) is 17.8. The van der Waals surface area contributed by atoms with Crippen molar-refractivity contribution in [3.8, 4) is 5.75 Å². The van der Waals surface area contributed by atoms with Crippen LogP contribution >= 0.6 is 34.2 Å². The Labute approximate surface area is 165 Å². The molecule has 0 amide bonds. The van der Waals surface area contributed by atoms with Crippen LogP contribution in [-0.2, 0) is 6.54 Å². The van der Waals surface area contributed by atoms with Crippen LogP contribution in [0.5, 0.6) is 5.75 Å². The molecule has 0 saturated heterocycles. The molecule has 0 atom stereocenters. The number of nitrogens with zero attached hydrogens (tertiary/aromatic N) is 2. The third-order valence-electron chi connectivity index (χ3n) is 3.67. The fourth-order valence-corrected chi connectivity index (χ4v) is 3.25. The molecule has 0 aliphatic carbocycles. The molecule has 3 aromatic rings. The van der Waals surface area contributed by atoms with E-state index in [2.05, 4.69) is 43.9 Å². The summed E-state index contributed by atoms with van der Waals surface area (Å²) in [4.78, 5) is 9.21. The summed E-state index contributed by atoms with van der Waals surface area (Å²) in [7, 11) is 1.61. The number of allylic oxidation sites excluding steroid dienone is 1. The molecule has 0 unspecified atom stereocenters. The van der Waals surface area contributed by atoms with Gasteiger partial charge in [0, 0.05) is 15.5 Å². The number of anilines is 1. The van der Waals surface area contributed by atoms with Crippen molar-refractivity contribution in [3.63, 3.8) is 0 Å². The molecule has 0 radical (unpaired) electrons. The largest absolute Gasteiger partial charge is 0.495 e. The van der Waals surface area contributed by atoms with Crippen LogP contribution in [0.1, 0.15) is 18.3 Å². The summed E-state index contributed by atoms with van der Waals surface area (Å²) >= 11 is 8.50. The summed E-state index contributed by atoms with van der Waals surface area (Å²) < 4.78 is 6.34. The first kappa shape index (κ1) is 17.9. The van der Waals surface area contributed by atoms with Crippen LogP contribution in [0.15, 0.2) is 42.5 Å². The van der Waals surface area contributed by atoms with Crippen LogP contribution in [0.2, 0.25) is 5.02 Å². The lowest BCUT2D eigenvalue weighted by atomic mass is 10.2. The number of fused-ring (bicyclic) bond motifs is 1. The number of hydrogen-bond acceptors (Lipinski definition) is 4. The molecule has 0 saturated carbocycles. The summed E-state index contributed by atoms with van der Waals surface area (Å²) in [6, 6.07) is 11.9. The predicted octanol–water partition coefficient (Wildman–Crippen LogP) is 5.54. The van der Waals surface area contributed by atoms with E-state index in [9.17, 15) is 0 Å². The molecule has 2 aromatic carbocycles. The van der Waals surface area contributed by atoms with E-state index in [-0.39, 0.29) is 0 Å². The highest BCUT2D eigenvalue weighted by Gasteiger charge is 2.08. The lowest BCUT2D eigenvalue weighted by Gasteiger charge is -2.11. The summed E-state index contributed by atoms with van der Waals surface area (Å²) in [6.45, 7) is 2.56. The number of hydrogen-bond donors (Lipinski definition) is 1. The van der Waals surface area contributed by atoms with Gasteiger partial charge in [0.25, 0.3) is 0 Å². The topological polar surface area (TPSA) is 47.0 Å². The summed E-state index contributed by atoms with van der Waals surface area (Å²) in [5.74, 6) is 2.16. The van der Waals surface area contributed by atoms with E-state index in [1.54, 1.807) is 7.11 Å². The van der Waals surface area contributed by atoms with Gasteiger partial charge in [0.2, 0.25) is 0 Å². The van der Waals surface area contributed by atoms with Gasteiger partial charge in [-0.2, -0.15) is 0 Å². The van der Waals surface area contributed by atoms with Gasteiger partial charge in [0.15, 0.2) is 5.82 Å². The molecule has 1 N–H and O–H groups in total. The van der Waals surface area contributed by atoms with E-state index in [4.69, 9.17) is 16.3 Å². The molecule has 4 nitrogen and oxygen atoms in total. The monoisotopic (exact) mass is 465 g/mol. The molecule has 0 bridgehead atoms. The number of aromatic nitrogens is 2. The van der Waals surface area contributed by atoms with Crippen LogP contribution in [0, 0.1) is 3.57 Å². The van der Waals surface area contributed by atoms with Crippen molar-refractivity contribution >= 4 is 57.0 Å². The third-order valence-corrected chi connectivity index (χ3v) is 4.63. The smallest absolute Gasteiger partial charge is 0.154 e. The molecule has 1 heterocycles. The highest BCUT2D eigenvalue weighted by Crippen LogP contribution is 2.27. The fourth-order valence-electron chi connectivity index (χ4n) is 2.48. The lowest BCUT2D eigenvalue weighted by Crippen LogP contribution is -2.04. The second-order valence-electron chi connectivity index (χ2n) is 5.41. The molecule has 0 aliphatic heterocycles. The zero-order valence-corrected chi connectivity index (χ0v) is 16.8. The first-order valence-corrected chi connectivity index (χ1v) is 9.22. The second-order valence-corrected chi connectivity index (χ2v) is 7.07. The van der Waals surface area contributed by atoms with E-state index in [1.165, 1.54) is 0 Å². The first-order valence-electron chi connectivity index (χ1n) is 7.77. The van der Waals surface area contributed by atoms with Crippen molar-refractivity contribution in [3.05, 3.63) is 62.5 Å². The average Bonchev–Trinajstić information content (AvgIpc) is 2.60. The zero-order valence-electron chi connectivity index (χ0n) is 13.9. The molecular weight excluding hydrogens is 449 g/mol. The molecule has 0 spiro atoms. The first-order chi connectivity index (χ1) is 12.1. The van der Waals surface area contributed by atoms with Crippen LogP contribution in [-0.4, -0.2) is 17.1 Å². The van der Waals surface area contributed by atoms with Gasteiger partial charge < -0.3 is 10.1 Å². The maximum atomic E-state index is 6.21. The average molecular weight is 466 g/mol. The molecule has 128 valence electrons. The van der Waals surface area contributed by atoms with E-state index in [1.807, 2.05) is 49.4 Å². The highest BCUT2D eigenvalue weighted by molar-refractivity contribution is 14.1. The number of benzene rings is 2. The van der Waals surface area contributed by atoms with Crippen molar-refractivity contribution in [1.82, 2.24) is 9.97 Å². The molecule has 0 aliphatic rings. The number of rotatable bonds is 5. The maximum Gasteiger partial charge on any atom is 0.154 e. The summed E-state index contributed by atoms with van der Waals surface area (Å²) in [6.07, 6.45) is 3.83. The van der Waals surface area contributed by atoms with Crippen molar-refractivity contribution in [2.45, 2.75) is 13.5 Å². The van der Waals surface area contributed by atoms with Gasteiger partial charge in [-0.1, -0.05) is 23.7 Å². The molecule has 1 aromatic heterocycles. The summed E-state index contributed by atoms with van der Waals surface area (Å²) in [5.41, 5.74) is 1.97. The van der Waals surface area contributed by atoms with Crippen LogP contribution in [0.25, 0.3) is 17.0 Å². The van der Waals surface area contributed by atoms with Gasteiger partial charge in [-0.15, -0.1) is 0 Å². The summed E-state index contributed by atoms with van der Waals surface area (Å²) in [5, 5.41) is 5.00. The van der Waals surface area contributed by atoms with Gasteiger partial charge in [0.05, 0.1) is 17.6 Å². The van der Waals surface area contributed by atoms with E-state index in [0.717, 1.165) is 25.9 Å². The Kier molecular flexibility index (Phi) is 5.75. The van der Waals surface area contributed by atoms with Gasteiger partial charge in [-0.25, -0.2) is 9.97 Å². The number of ether oxygens (including phenoxy) is 1. The van der Waals surface area contributed by atoms with Gasteiger partial charge in [-0.3, -0.25) is 0 Å². The minimum absolute atomic E-state index is 0.596. The fraction of sp³-hybridized carbons (Fsp3) is 0.158. The standard InChI is InChI=1S/C19H17ClIN3O/c1-3-4-18-23-16-7-6-13(21)10-14(16)19(24-18)22-11-12-5-8-17(25-2)15(20)9-12/h3-10H,11H2,1-2H3,(H,22,23,24)/b4-3+. The molecular formula is C19H17ClIN3O. The van der Waals surface area contributed by atoms with Crippen LogP contribution in [0.3, 0.4) is 0 Å². The van der Waals surface area contributed by atoms with E-state index in [0.29, 0.717) is 23.1 Å². The SMILES string of the molecule is C/C=C/c1nc(NCc2ccc(OC)c(Cl)c2)c2cc(I)ccc2n1. The van der Waals surface area contributed by atoms with Crippen molar-refractivity contribution in [2.75, 3.05) is 12.4 Å². The Balaban J connectivity index is 1.94. The Hall–Kier alpha value is -1.86. The minimum Gasteiger partial charge on any atom is -0.495 e. The third kappa shape index (κ3) is 4.22. The maximum absolute atomic E-state index is 6.21. The predicted molar refractivity (Wildman–Crippen MR) is 112 cm³/mol. The molecule has 0 fully saturated rings. The van der Waals surface area contributed by atoms with Crippen molar-refractivity contribution in [1.29, 1.82) is 0 Å². The molecule has 3 rings (SSSR count). The quantitative estimate of drug-likeness (QED) is 0.503. The Bertz CT molecular complexity index is 943. The Morgan fingerprint density at radius 1 is 1.20 bits per heavy atom. The number of halogens is 2. The number of nitrogens with one attached hydrogen (secondary N) is 1. The van der Waals surface area contributed by atoms with Crippen LogP contribution < -0.4 is 10.1 Å². The Morgan fingerprint density at radius 2 is 2.04 bits per heavy atom. The lowest BCUT2D eigenvalue weighted by molar-refractivity contribution is 0.415. The minimum atomic E-state index is 0.596. The van der Waals surface area contributed by atoms with Gasteiger partial charge >= 0.3 is 0 Å². The second kappa shape index (κ2) is 8.01. The Morgan fingerprint density at radius 3 is 2.76 bits per heavy atom. The van der Waals surface area contributed by atoms with Gasteiger partial charge in [-0.05, 0) is 71.5 Å². The normalized spacial score (nSPS) is 11.2. The van der Waals surface area contributed by atoms with E-state index >= 15 is 0 Å². The number of methoxy groups -OCH3 is 1.